The summed E-state index contributed by atoms with van der Waals surface area (Å²) in [5, 5.41) is 8.58. The van der Waals surface area contributed by atoms with Crippen LogP contribution in [0.3, 0.4) is 0 Å². The molecule has 0 bridgehead atoms. The number of amides is 2. The molecule has 0 aliphatic carbocycles. The van der Waals surface area contributed by atoms with E-state index in [0.29, 0.717) is 24.2 Å². The van der Waals surface area contributed by atoms with E-state index in [-0.39, 0.29) is 37.2 Å². The summed E-state index contributed by atoms with van der Waals surface area (Å²) >= 11 is 0. The summed E-state index contributed by atoms with van der Waals surface area (Å²) in [4.78, 5) is 72.0. The minimum absolute atomic E-state index is 0.0213. The van der Waals surface area contributed by atoms with Gasteiger partial charge in [-0.3, -0.25) is 19.2 Å². The van der Waals surface area contributed by atoms with Gasteiger partial charge in [0.15, 0.2) is 11.6 Å². The van der Waals surface area contributed by atoms with Gasteiger partial charge >= 0.3 is 24.1 Å². The lowest BCUT2D eigenvalue weighted by Crippen LogP contribution is -2.33. The molecule has 12 nitrogen and oxygen atoms in total. The van der Waals surface area contributed by atoms with Crippen molar-refractivity contribution in [2.24, 2.45) is 0 Å². The van der Waals surface area contributed by atoms with Crippen LogP contribution in [-0.4, -0.2) is 83.0 Å². The predicted octanol–water partition coefficient (Wildman–Crippen LogP) is 6.29. The Morgan fingerprint density at radius 2 is 0.936 bits per heavy atom. The van der Waals surface area contributed by atoms with Crippen molar-refractivity contribution in [3.63, 3.8) is 0 Å². The number of carboxylic acids is 1. The molecule has 2 aromatic rings. The molecule has 0 saturated heterocycles. The highest BCUT2D eigenvalue weighted by Crippen LogP contribution is 2.15. The molecule has 0 aliphatic rings. The number of methoxy groups -OCH3 is 1. The van der Waals surface area contributed by atoms with Gasteiger partial charge in [0, 0.05) is 51.2 Å². The Morgan fingerprint density at radius 1 is 0.596 bits per heavy atom. The first-order valence-corrected chi connectivity index (χ1v) is 15.1. The highest BCUT2D eigenvalue weighted by Gasteiger charge is 2.21. The van der Waals surface area contributed by atoms with Crippen molar-refractivity contribution in [2.45, 2.75) is 91.5 Å². The molecule has 0 fully saturated rings. The molecule has 12 heteroatoms. The van der Waals surface area contributed by atoms with Gasteiger partial charge in [-0.05, 0) is 52.7 Å². The Morgan fingerprint density at radius 3 is 1.23 bits per heavy atom. The molecule has 0 heterocycles. The first kappa shape index (κ1) is 40.3. The van der Waals surface area contributed by atoms with Crippen LogP contribution in [0.1, 0.15) is 99.1 Å². The molecule has 2 aromatic carbocycles. The number of carboxylic acid groups (broad SMARTS) is 1. The van der Waals surface area contributed by atoms with E-state index in [2.05, 4.69) is 4.74 Å². The van der Waals surface area contributed by atoms with Crippen LogP contribution in [0.2, 0.25) is 0 Å². The second-order valence-electron chi connectivity index (χ2n) is 12.9. The predicted molar refractivity (Wildman–Crippen MR) is 175 cm³/mol. The Labute approximate surface area is 277 Å². The number of esters is 1. The maximum absolute atomic E-state index is 12.0. The number of carbonyl (C=O) groups is 6. The van der Waals surface area contributed by atoms with Gasteiger partial charge in [-0.1, -0.05) is 48.5 Å². The fraction of sp³-hybridized carbons (Fsp3) is 0.486. The summed E-state index contributed by atoms with van der Waals surface area (Å²) in [6.07, 6.45) is -0.837. The molecule has 258 valence electrons. The number of ether oxygens (including phenoxy) is 3. The zero-order chi connectivity index (χ0) is 35.9. The van der Waals surface area contributed by atoms with E-state index in [1.807, 2.05) is 20.8 Å². The number of rotatable bonds is 12. The number of nitrogens with zero attached hydrogens (tertiary/aromatic N) is 2. The van der Waals surface area contributed by atoms with E-state index in [9.17, 15) is 28.8 Å². The second kappa shape index (κ2) is 18.4. The standard InChI is InChI=1S/C18H25NO5.C17H23NO5/c1-18(2,3)24-17(22)19(4)12-13-6-8-14(9-7-13)15(20)10-11-16(21)23-5;1-17(2,3)23-16(22)18(4)11-12-5-7-13(8-6-12)14(19)9-10-15(20)21/h6-9H,10-12H2,1-5H3;5-8H,9-11H2,1-4H3,(H,20,21). The van der Waals surface area contributed by atoms with Crippen LogP contribution in [0.25, 0.3) is 0 Å². The maximum atomic E-state index is 12.0. The van der Waals surface area contributed by atoms with E-state index in [1.54, 1.807) is 83.4 Å². The van der Waals surface area contributed by atoms with Crippen LogP contribution in [-0.2, 0) is 36.9 Å². The van der Waals surface area contributed by atoms with Crippen LogP contribution in [0.4, 0.5) is 9.59 Å². The summed E-state index contributed by atoms with van der Waals surface area (Å²) < 4.78 is 15.1. The van der Waals surface area contributed by atoms with E-state index in [0.717, 1.165) is 11.1 Å². The molecule has 0 aromatic heterocycles. The third-order valence-corrected chi connectivity index (χ3v) is 6.15. The van der Waals surface area contributed by atoms with Crippen molar-refractivity contribution in [2.75, 3.05) is 21.2 Å². The fourth-order valence-corrected chi connectivity index (χ4v) is 3.78. The van der Waals surface area contributed by atoms with E-state index < -0.39 is 35.3 Å². The molecule has 0 spiro atoms. The monoisotopic (exact) mass is 656 g/mol. The summed E-state index contributed by atoms with van der Waals surface area (Å²) in [5.74, 6) is -1.72. The van der Waals surface area contributed by atoms with Crippen LogP contribution in [0.5, 0.6) is 0 Å². The van der Waals surface area contributed by atoms with Crippen LogP contribution in [0.15, 0.2) is 48.5 Å². The number of benzene rings is 2. The highest BCUT2D eigenvalue weighted by atomic mass is 16.6. The first-order chi connectivity index (χ1) is 21.7. The van der Waals surface area contributed by atoms with Crippen LogP contribution < -0.4 is 0 Å². The Balaban J connectivity index is 0.000000470. The smallest absolute Gasteiger partial charge is 0.410 e. The largest absolute Gasteiger partial charge is 0.481 e. The van der Waals surface area contributed by atoms with Crippen molar-refractivity contribution in [3.05, 3.63) is 70.8 Å². The summed E-state index contributed by atoms with van der Waals surface area (Å²) in [6, 6.07) is 13.7. The molecule has 0 atom stereocenters. The van der Waals surface area contributed by atoms with Crippen molar-refractivity contribution in [1.29, 1.82) is 0 Å². The van der Waals surface area contributed by atoms with Crippen molar-refractivity contribution >= 4 is 35.7 Å². The van der Waals surface area contributed by atoms with Crippen molar-refractivity contribution < 1.29 is 48.1 Å². The fourth-order valence-electron chi connectivity index (χ4n) is 3.78. The normalized spacial score (nSPS) is 10.9. The van der Waals surface area contributed by atoms with E-state index >= 15 is 0 Å². The molecule has 47 heavy (non-hydrogen) atoms. The van der Waals surface area contributed by atoms with Gasteiger partial charge in [0.1, 0.15) is 11.2 Å². The summed E-state index contributed by atoms with van der Waals surface area (Å²) in [7, 11) is 4.59. The lowest BCUT2D eigenvalue weighted by atomic mass is 10.0. The molecule has 0 aliphatic heterocycles. The second-order valence-corrected chi connectivity index (χ2v) is 12.9. The molecule has 2 rings (SSSR count). The maximum Gasteiger partial charge on any atom is 0.410 e. The zero-order valence-corrected chi connectivity index (χ0v) is 28.9. The summed E-state index contributed by atoms with van der Waals surface area (Å²) in [6.45, 7) is 11.6. The number of ketones is 2. The average Bonchev–Trinajstić information content (AvgIpc) is 2.97. The van der Waals surface area contributed by atoms with Crippen molar-refractivity contribution in [3.8, 4) is 0 Å². The zero-order valence-electron chi connectivity index (χ0n) is 28.9. The summed E-state index contributed by atoms with van der Waals surface area (Å²) in [5.41, 5.74) is 1.64. The lowest BCUT2D eigenvalue weighted by Gasteiger charge is -2.24. The Bertz CT molecular complexity index is 1370. The highest BCUT2D eigenvalue weighted by molar-refractivity contribution is 5.98. The topological polar surface area (TPSA) is 157 Å². The number of aliphatic carboxylic acids is 1. The Hall–Kier alpha value is -4.74. The molecule has 2 amide bonds. The third-order valence-electron chi connectivity index (χ3n) is 6.15. The minimum Gasteiger partial charge on any atom is -0.481 e. The number of hydrogen-bond acceptors (Lipinski definition) is 9. The molecular formula is C35H48N2O10. The molecule has 0 unspecified atom stereocenters. The van der Waals surface area contributed by atoms with Crippen molar-refractivity contribution in [1.82, 2.24) is 9.80 Å². The third kappa shape index (κ3) is 16.9. The van der Waals surface area contributed by atoms with Gasteiger partial charge < -0.3 is 29.1 Å². The van der Waals surface area contributed by atoms with Gasteiger partial charge in [0.05, 0.1) is 20.0 Å². The van der Waals surface area contributed by atoms with Gasteiger partial charge in [-0.25, -0.2) is 9.59 Å². The Kier molecular flexibility index (Phi) is 15.8. The van der Waals surface area contributed by atoms with E-state index in [4.69, 9.17) is 14.6 Å². The minimum atomic E-state index is -0.992. The molecule has 0 radical (unpaired) electrons. The van der Waals surface area contributed by atoms with Crippen LogP contribution in [0, 0.1) is 0 Å². The van der Waals surface area contributed by atoms with Gasteiger partial charge in [-0.2, -0.15) is 0 Å². The molecule has 1 N–H and O–H groups in total. The quantitative estimate of drug-likeness (QED) is 0.156. The van der Waals surface area contributed by atoms with Gasteiger partial charge in [-0.15, -0.1) is 0 Å². The SMILES string of the molecule is CN(Cc1ccc(C(=O)CCC(=O)O)cc1)C(=O)OC(C)(C)C.COC(=O)CCC(=O)c1ccc(CN(C)C(=O)OC(C)(C)C)cc1. The lowest BCUT2D eigenvalue weighted by molar-refractivity contribution is -0.140. The first-order valence-electron chi connectivity index (χ1n) is 15.1. The molecular weight excluding hydrogens is 608 g/mol. The molecule has 0 saturated carbocycles. The number of hydrogen-bond donors (Lipinski definition) is 1. The van der Waals surface area contributed by atoms with Crippen LogP contribution >= 0.6 is 0 Å². The van der Waals surface area contributed by atoms with E-state index in [1.165, 1.54) is 16.9 Å². The number of Topliss-reactive ketones (excluding diaryl/α,β-unsaturated/α-hetero) is 2. The van der Waals surface area contributed by atoms with Gasteiger partial charge in [0.25, 0.3) is 0 Å². The van der Waals surface area contributed by atoms with Gasteiger partial charge in [0.2, 0.25) is 0 Å². The average molecular weight is 657 g/mol. The number of carbonyl (C=O) groups excluding carboxylic acids is 5.